The van der Waals surface area contributed by atoms with Crippen molar-refractivity contribution in [2.45, 2.75) is 4.90 Å². The van der Waals surface area contributed by atoms with E-state index in [0.29, 0.717) is 5.75 Å². The van der Waals surface area contributed by atoms with E-state index in [1.54, 1.807) is 36.4 Å². The molecule has 7 nitrogen and oxygen atoms in total. The molecule has 1 amide bonds. The monoisotopic (exact) mass is 400 g/mol. The minimum absolute atomic E-state index is 0.0511. The maximum Gasteiger partial charge on any atom is 0.258 e. The van der Waals surface area contributed by atoms with E-state index in [2.05, 4.69) is 0 Å². The predicted octanol–water partition coefficient (Wildman–Crippen LogP) is 2.41. The summed E-state index contributed by atoms with van der Waals surface area (Å²) >= 11 is 0. The number of sulfonamides is 1. The molecular formula is C20H20N2O5S. The minimum atomic E-state index is -3.97. The number of hydrogen-bond donors (Lipinski definition) is 2. The molecule has 2 N–H and O–H groups in total. The lowest BCUT2D eigenvalue weighted by molar-refractivity contribution is -0.129. The Hall–Kier alpha value is -2.94. The molecule has 0 radical (unpaired) electrons. The van der Waals surface area contributed by atoms with E-state index in [9.17, 15) is 13.2 Å². The highest BCUT2D eigenvalue weighted by Gasteiger charge is 2.26. The van der Waals surface area contributed by atoms with Crippen LogP contribution in [0.5, 0.6) is 5.75 Å². The molecule has 0 aromatic heterocycles. The summed E-state index contributed by atoms with van der Waals surface area (Å²) in [5.74, 6) is -0.235. The van der Waals surface area contributed by atoms with E-state index >= 15 is 0 Å². The zero-order valence-electron chi connectivity index (χ0n) is 15.0. The number of amides is 1. The molecule has 0 unspecified atom stereocenters. The van der Waals surface area contributed by atoms with Crippen molar-refractivity contribution in [2.24, 2.45) is 0 Å². The number of nitrogens with one attached hydrogen (secondary N) is 1. The lowest BCUT2D eigenvalue weighted by Crippen LogP contribution is -2.41. The molecule has 3 rings (SSSR count). The van der Waals surface area contributed by atoms with Gasteiger partial charge in [-0.05, 0) is 35.0 Å². The number of carbonyl (C=O) groups excluding carboxylic acids is 1. The van der Waals surface area contributed by atoms with E-state index in [4.69, 9.17) is 9.94 Å². The van der Waals surface area contributed by atoms with Gasteiger partial charge in [-0.3, -0.25) is 10.0 Å². The van der Waals surface area contributed by atoms with Gasteiger partial charge in [0.05, 0.1) is 11.4 Å². The van der Waals surface area contributed by atoms with Crippen molar-refractivity contribution in [3.63, 3.8) is 0 Å². The van der Waals surface area contributed by atoms with Gasteiger partial charge >= 0.3 is 0 Å². The molecule has 0 saturated carbocycles. The Morgan fingerprint density at radius 1 is 0.964 bits per heavy atom. The van der Waals surface area contributed by atoms with Crippen LogP contribution >= 0.6 is 0 Å². The summed E-state index contributed by atoms with van der Waals surface area (Å²) in [5.41, 5.74) is 1.47. The fourth-order valence-corrected chi connectivity index (χ4v) is 4.15. The first-order valence-electron chi connectivity index (χ1n) is 8.60. The quantitative estimate of drug-likeness (QED) is 0.447. The molecule has 0 bridgehead atoms. The van der Waals surface area contributed by atoms with E-state index in [1.165, 1.54) is 11.5 Å². The van der Waals surface area contributed by atoms with Crippen LogP contribution in [0.25, 0.3) is 10.8 Å². The SMILES string of the molecule is O=C(CN(CCOc1ccccc1)S(=O)(=O)c1ccc2ccccc2c1)NO. The molecule has 0 heterocycles. The Morgan fingerprint density at radius 3 is 2.36 bits per heavy atom. The van der Waals surface area contributed by atoms with Gasteiger partial charge in [0.15, 0.2) is 0 Å². The number of benzene rings is 3. The zero-order chi connectivity index (χ0) is 20.0. The number of para-hydroxylation sites is 1. The van der Waals surface area contributed by atoms with Gasteiger partial charge in [-0.15, -0.1) is 0 Å². The molecule has 3 aromatic carbocycles. The number of fused-ring (bicyclic) bond motifs is 1. The fourth-order valence-electron chi connectivity index (χ4n) is 2.74. The number of rotatable bonds is 8. The summed E-state index contributed by atoms with van der Waals surface area (Å²) in [5, 5.41) is 10.5. The van der Waals surface area contributed by atoms with Crippen LogP contribution in [-0.2, 0) is 14.8 Å². The van der Waals surface area contributed by atoms with Crippen molar-refractivity contribution in [1.29, 1.82) is 0 Å². The summed E-state index contributed by atoms with van der Waals surface area (Å²) in [6, 6.07) is 21.1. The molecule has 0 aliphatic rings. The van der Waals surface area contributed by atoms with Crippen molar-refractivity contribution < 1.29 is 23.2 Å². The second-order valence-electron chi connectivity index (χ2n) is 6.04. The molecule has 3 aromatic rings. The fraction of sp³-hybridized carbons (Fsp3) is 0.150. The van der Waals surface area contributed by atoms with Crippen LogP contribution < -0.4 is 10.2 Å². The van der Waals surface area contributed by atoms with Crippen molar-refractivity contribution in [3.05, 3.63) is 72.8 Å². The third-order valence-electron chi connectivity index (χ3n) is 4.16. The topological polar surface area (TPSA) is 95.9 Å². The summed E-state index contributed by atoms with van der Waals surface area (Å²) < 4.78 is 32.7. The van der Waals surface area contributed by atoms with Crippen LogP contribution in [0.3, 0.4) is 0 Å². The molecule has 0 aliphatic heterocycles. The molecule has 0 spiro atoms. The third kappa shape index (κ3) is 4.66. The van der Waals surface area contributed by atoms with Crippen LogP contribution in [0.4, 0.5) is 0 Å². The van der Waals surface area contributed by atoms with Gasteiger partial charge in [0, 0.05) is 6.54 Å². The number of hydrogen-bond acceptors (Lipinski definition) is 5. The molecule has 28 heavy (non-hydrogen) atoms. The first kappa shape index (κ1) is 19.8. The molecule has 0 aliphatic carbocycles. The van der Waals surface area contributed by atoms with Crippen LogP contribution in [0, 0.1) is 0 Å². The van der Waals surface area contributed by atoms with Crippen molar-refractivity contribution in [3.8, 4) is 5.75 Å². The predicted molar refractivity (Wildman–Crippen MR) is 105 cm³/mol. The minimum Gasteiger partial charge on any atom is -0.492 e. The summed E-state index contributed by atoms with van der Waals surface area (Å²) in [6.07, 6.45) is 0. The normalized spacial score (nSPS) is 11.5. The summed E-state index contributed by atoms with van der Waals surface area (Å²) in [4.78, 5) is 11.7. The number of nitrogens with zero attached hydrogens (tertiary/aromatic N) is 1. The maximum absolute atomic E-state index is 13.1. The first-order valence-corrected chi connectivity index (χ1v) is 10.0. The van der Waals surface area contributed by atoms with Gasteiger partial charge in [-0.2, -0.15) is 4.31 Å². The van der Waals surface area contributed by atoms with Crippen LogP contribution in [0.15, 0.2) is 77.7 Å². The van der Waals surface area contributed by atoms with Gasteiger partial charge in [0.1, 0.15) is 12.4 Å². The Balaban J connectivity index is 1.82. The van der Waals surface area contributed by atoms with E-state index in [0.717, 1.165) is 15.1 Å². The standard InChI is InChI=1S/C20H20N2O5S/c23-20(21-24)15-22(12-13-27-18-8-2-1-3-9-18)28(25,26)19-11-10-16-6-4-5-7-17(16)14-19/h1-11,14,24H,12-13,15H2,(H,21,23). The van der Waals surface area contributed by atoms with Gasteiger partial charge in [0.25, 0.3) is 5.91 Å². The zero-order valence-corrected chi connectivity index (χ0v) is 15.8. The Kier molecular flexibility index (Phi) is 6.25. The van der Waals surface area contributed by atoms with E-state index in [1.807, 2.05) is 30.3 Å². The highest BCUT2D eigenvalue weighted by molar-refractivity contribution is 7.89. The molecule has 0 atom stereocenters. The van der Waals surface area contributed by atoms with Gasteiger partial charge in [-0.1, -0.05) is 48.5 Å². The second kappa shape index (κ2) is 8.83. The Bertz CT molecular complexity index is 1050. The Labute approximate surface area is 163 Å². The van der Waals surface area contributed by atoms with Gasteiger partial charge in [-0.25, -0.2) is 13.9 Å². The molecule has 0 saturated heterocycles. The van der Waals surface area contributed by atoms with Crippen molar-refractivity contribution in [1.82, 2.24) is 9.79 Å². The van der Waals surface area contributed by atoms with Gasteiger partial charge in [0.2, 0.25) is 10.0 Å². The van der Waals surface area contributed by atoms with Crippen molar-refractivity contribution >= 4 is 26.7 Å². The lowest BCUT2D eigenvalue weighted by Gasteiger charge is -2.21. The van der Waals surface area contributed by atoms with E-state index < -0.39 is 22.5 Å². The molecule has 8 heteroatoms. The van der Waals surface area contributed by atoms with E-state index in [-0.39, 0.29) is 18.0 Å². The average molecular weight is 400 g/mol. The average Bonchev–Trinajstić information content (AvgIpc) is 2.73. The lowest BCUT2D eigenvalue weighted by atomic mass is 10.1. The number of ether oxygens (including phenoxy) is 1. The smallest absolute Gasteiger partial charge is 0.258 e. The summed E-state index contributed by atoms with van der Waals surface area (Å²) in [7, 11) is -3.97. The van der Waals surface area contributed by atoms with Crippen LogP contribution in [0.2, 0.25) is 0 Å². The molecular weight excluding hydrogens is 380 g/mol. The molecule has 146 valence electrons. The number of hydroxylamine groups is 1. The highest BCUT2D eigenvalue weighted by Crippen LogP contribution is 2.22. The maximum atomic E-state index is 13.1. The first-order chi connectivity index (χ1) is 13.5. The largest absolute Gasteiger partial charge is 0.492 e. The van der Waals surface area contributed by atoms with Crippen LogP contribution in [-0.4, -0.2) is 43.5 Å². The summed E-state index contributed by atoms with van der Waals surface area (Å²) in [6.45, 7) is -0.531. The second-order valence-corrected chi connectivity index (χ2v) is 7.98. The van der Waals surface area contributed by atoms with Crippen molar-refractivity contribution in [2.75, 3.05) is 19.7 Å². The van der Waals surface area contributed by atoms with Crippen LogP contribution in [0.1, 0.15) is 0 Å². The third-order valence-corrected chi connectivity index (χ3v) is 6.00. The van der Waals surface area contributed by atoms with Gasteiger partial charge < -0.3 is 4.74 Å². The Morgan fingerprint density at radius 2 is 1.64 bits per heavy atom. The molecule has 0 fully saturated rings. The number of carbonyl (C=O) groups is 1. The highest BCUT2D eigenvalue weighted by atomic mass is 32.2.